The molecule has 1 aliphatic rings. The predicted molar refractivity (Wildman–Crippen MR) is 81.0 cm³/mol. The standard InChI is InChI=1S/C9H7N.C8H7NO/c1-2-6-9-8(4-1)5-3-7-10-9;1-2-4-8-7(3-1)5-6-9-10-8/h1-7H;1-6,9H. The van der Waals surface area contributed by atoms with Crippen LogP contribution in [0.25, 0.3) is 17.0 Å². The lowest BCUT2D eigenvalue weighted by Crippen LogP contribution is -2.13. The molecule has 3 aromatic rings. The highest BCUT2D eigenvalue weighted by molar-refractivity contribution is 5.77. The Morgan fingerprint density at radius 1 is 0.850 bits per heavy atom. The first-order chi connectivity index (χ1) is 9.93. The van der Waals surface area contributed by atoms with Crippen molar-refractivity contribution in [1.82, 2.24) is 10.5 Å². The first kappa shape index (κ1) is 12.2. The van der Waals surface area contributed by atoms with Crippen molar-refractivity contribution >= 4 is 17.0 Å². The molecule has 98 valence electrons. The number of pyridine rings is 1. The van der Waals surface area contributed by atoms with E-state index in [1.54, 1.807) is 6.20 Å². The number of hydrogen-bond acceptors (Lipinski definition) is 3. The zero-order valence-corrected chi connectivity index (χ0v) is 10.9. The molecule has 20 heavy (non-hydrogen) atoms. The summed E-state index contributed by atoms with van der Waals surface area (Å²) >= 11 is 0. The van der Waals surface area contributed by atoms with Crippen LogP contribution in [0.4, 0.5) is 0 Å². The molecular weight excluding hydrogens is 248 g/mol. The van der Waals surface area contributed by atoms with Gasteiger partial charge in [0.05, 0.1) is 5.52 Å². The quantitative estimate of drug-likeness (QED) is 0.669. The van der Waals surface area contributed by atoms with Crippen molar-refractivity contribution in [2.75, 3.05) is 0 Å². The number of nitrogens with zero attached hydrogens (tertiary/aromatic N) is 1. The second-order valence-corrected chi connectivity index (χ2v) is 4.29. The molecule has 0 bridgehead atoms. The summed E-state index contributed by atoms with van der Waals surface area (Å²) in [4.78, 5) is 9.27. The monoisotopic (exact) mass is 262 g/mol. The van der Waals surface area contributed by atoms with Crippen LogP contribution in [0, 0.1) is 0 Å². The molecule has 0 saturated carbocycles. The van der Waals surface area contributed by atoms with Crippen LogP contribution < -0.4 is 10.3 Å². The summed E-state index contributed by atoms with van der Waals surface area (Å²) in [5.41, 5.74) is 4.83. The highest BCUT2D eigenvalue weighted by atomic mass is 16.6. The van der Waals surface area contributed by atoms with Gasteiger partial charge in [0.1, 0.15) is 0 Å². The van der Waals surface area contributed by atoms with Crippen molar-refractivity contribution in [3.05, 3.63) is 78.6 Å². The summed E-state index contributed by atoms with van der Waals surface area (Å²) in [5, 5.41) is 1.20. The van der Waals surface area contributed by atoms with E-state index < -0.39 is 0 Å². The number of fused-ring (bicyclic) bond motifs is 2. The van der Waals surface area contributed by atoms with Gasteiger partial charge in [0.2, 0.25) is 0 Å². The smallest absolute Gasteiger partial charge is 0.162 e. The van der Waals surface area contributed by atoms with Gasteiger partial charge in [-0.25, -0.2) is 5.48 Å². The van der Waals surface area contributed by atoms with Crippen molar-refractivity contribution in [2.24, 2.45) is 0 Å². The Kier molecular flexibility index (Phi) is 3.60. The van der Waals surface area contributed by atoms with E-state index in [0.717, 1.165) is 16.8 Å². The number of hydrogen-bond donors (Lipinski definition) is 1. The second kappa shape index (κ2) is 5.89. The van der Waals surface area contributed by atoms with Crippen molar-refractivity contribution in [2.45, 2.75) is 0 Å². The van der Waals surface area contributed by atoms with Gasteiger partial charge in [-0.3, -0.25) is 4.98 Å². The van der Waals surface area contributed by atoms with Gasteiger partial charge in [0, 0.05) is 23.3 Å². The molecule has 1 N–H and O–H groups in total. The molecule has 2 aromatic carbocycles. The fourth-order valence-corrected chi connectivity index (χ4v) is 1.95. The zero-order valence-electron chi connectivity index (χ0n) is 10.9. The molecule has 4 rings (SSSR count). The topological polar surface area (TPSA) is 34.1 Å². The highest BCUT2D eigenvalue weighted by Gasteiger charge is 2.01. The maximum Gasteiger partial charge on any atom is 0.162 e. The van der Waals surface area contributed by atoms with E-state index in [2.05, 4.69) is 22.6 Å². The van der Waals surface area contributed by atoms with Gasteiger partial charge >= 0.3 is 0 Å². The minimum absolute atomic E-state index is 0.880. The van der Waals surface area contributed by atoms with Gasteiger partial charge in [-0.05, 0) is 24.3 Å². The Morgan fingerprint density at radius 2 is 1.65 bits per heavy atom. The van der Waals surface area contributed by atoms with Crippen LogP contribution in [0.1, 0.15) is 5.56 Å². The van der Waals surface area contributed by atoms with Crippen LogP contribution in [-0.4, -0.2) is 4.98 Å². The molecule has 1 aromatic heterocycles. The molecule has 0 fully saturated rings. The van der Waals surface area contributed by atoms with Crippen LogP contribution in [0.15, 0.2) is 73.1 Å². The van der Waals surface area contributed by atoms with E-state index in [1.807, 2.05) is 60.8 Å². The third-order valence-corrected chi connectivity index (χ3v) is 2.93. The highest BCUT2D eigenvalue weighted by Crippen LogP contribution is 2.20. The fraction of sp³-hybridized carbons (Fsp3) is 0. The van der Waals surface area contributed by atoms with E-state index in [-0.39, 0.29) is 0 Å². The van der Waals surface area contributed by atoms with Crippen LogP contribution in [0.5, 0.6) is 5.75 Å². The van der Waals surface area contributed by atoms with Crippen molar-refractivity contribution in [3.8, 4) is 5.75 Å². The van der Waals surface area contributed by atoms with Crippen molar-refractivity contribution < 1.29 is 4.84 Å². The van der Waals surface area contributed by atoms with Crippen LogP contribution in [0.3, 0.4) is 0 Å². The number of hydroxylamine groups is 1. The Balaban J connectivity index is 0.000000121. The molecule has 0 spiro atoms. The van der Waals surface area contributed by atoms with Gasteiger partial charge in [-0.1, -0.05) is 42.5 Å². The van der Waals surface area contributed by atoms with Crippen LogP contribution >= 0.6 is 0 Å². The lowest BCUT2D eigenvalue weighted by molar-refractivity contribution is 0.239. The maximum absolute atomic E-state index is 5.09. The fourth-order valence-electron chi connectivity index (χ4n) is 1.95. The summed E-state index contributed by atoms with van der Waals surface area (Å²) in [6, 6.07) is 19.9. The normalized spacial score (nSPS) is 11.6. The number of nitrogens with one attached hydrogen (secondary N) is 1. The van der Waals surface area contributed by atoms with Gasteiger partial charge in [-0.2, -0.15) is 0 Å². The molecule has 0 amide bonds. The van der Waals surface area contributed by atoms with Gasteiger partial charge in [-0.15, -0.1) is 0 Å². The minimum Gasteiger partial charge on any atom is -0.382 e. The average Bonchev–Trinajstić information content (AvgIpc) is 2.56. The summed E-state index contributed by atoms with van der Waals surface area (Å²) < 4.78 is 0. The maximum atomic E-state index is 5.09. The Morgan fingerprint density at radius 3 is 2.55 bits per heavy atom. The van der Waals surface area contributed by atoms with E-state index in [1.165, 1.54) is 5.39 Å². The van der Waals surface area contributed by atoms with Crippen molar-refractivity contribution in [3.63, 3.8) is 0 Å². The average molecular weight is 262 g/mol. The van der Waals surface area contributed by atoms with E-state index >= 15 is 0 Å². The SMILES string of the molecule is C1=Cc2ccccc2ON1.c1ccc2ncccc2c1. The van der Waals surface area contributed by atoms with E-state index in [4.69, 9.17) is 4.84 Å². The molecule has 1 aliphatic heterocycles. The summed E-state index contributed by atoms with van der Waals surface area (Å²) in [6.07, 6.45) is 5.55. The largest absolute Gasteiger partial charge is 0.382 e. The summed E-state index contributed by atoms with van der Waals surface area (Å²) in [5.74, 6) is 0.880. The predicted octanol–water partition coefficient (Wildman–Crippen LogP) is 3.79. The Labute approximate surface area is 117 Å². The first-order valence-electron chi connectivity index (χ1n) is 6.41. The molecule has 0 aliphatic carbocycles. The van der Waals surface area contributed by atoms with Crippen molar-refractivity contribution in [1.29, 1.82) is 0 Å². The molecule has 2 heterocycles. The van der Waals surface area contributed by atoms with E-state index in [0.29, 0.717) is 0 Å². The van der Waals surface area contributed by atoms with Gasteiger partial charge in [0.25, 0.3) is 0 Å². The lowest BCUT2D eigenvalue weighted by Gasteiger charge is -2.11. The molecule has 3 heteroatoms. The molecule has 0 unspecified atom stereocenters. The lowest BCUT2D eigenvalue weighted by atomic mass is 10.2. The van der Waals surface area contributed by atoms with Crippen LogP contribution in [-0.2, 0) is 0 Å². The number of aromatic nitrogens is 1. The van der Waals surface area contributed by atoms with Crippen LogP contribution in [0.2, 0.25) is 0 Å². The molecule has 0 radical (unpaired) electrons. The Hall–Kier alpha value is -2.81. The molecule has 0 atom stereocenters. The molecule has 0 saturated heterocycles. The zero-order chi connectivity index (χ0) is 13.6. The number of rotatable bonds is 0. The summed E-state index contributed by atoms with van der Waals surface area (Å²) in [7, 11) is 0. The van der Waals surface area contributed by atoms with E-state index in [9.17, 15) is 0 Å². The second-order valence-electron chi connectivity index (χ2n) is 4.29. The third-order valence-electron chi connectivity index (χ3n) is 2.93. The van der Waals surface area contributed by atoms with Gasteiger partial charge in [0.15, 0.2) is 5.75 Å². The third kappa shape index (κ3) is 2.78. The Bertz CT molecular complexity index is 672. The number of para-hydroxylation sites is 2. The summed E-state index contributed by atoms with van der Waals surface area (Å²) in [6.45, 7) is 0. The first-order valence-corrected chi connectivity index (χ1v) is 6.41. The van der Waals surface area contributed by atoms with Gasteiger partial charge < -0.3 is 4.84 Å². The molecule has 3 nitrogen and oxygen atoms in total. The number of benzene rings is 2. The molecular formula is C17H14N2O. The minimum atomic E-state index is 0.880.